The summed E-state index contributed by atoms with van der Waals surface area (Å²) < 4.78 is 7.87. The Morgan fingerprint density at radius 1 is 1.14 bits per heavy atom. The zero-order chi connectivity index (χ0) is 25.4. The van der Waals surface area contributed by atoms with Crippen LogP contribution in [0.2, 0.25) is 5.02 Å². The fourth-order valence-electron chi connectivity index (χ4n) is 5.02. The minimum Gasteiger partial charge on any atom is -0.490 e. The average Bonchev–Trinajstić information content (AvgIpc) is 3.20. The summed E-state index contributed by atoms with van der Waals surface area (Å²) in [5, 5.41) is 20.4. The second-order valence-corrected chi connectivity index (χ2v) is 9.34. The number of aromatic nitrogens is 3. The molecule has 1 aliphatic rings. The first-order valence-corrected chi connectivity index (χ1v) is 12.2. The van der Waals surface area contributed by atoms with E-state index < -0.39 is 5.97 Å². The Hall–Kier alpha value is -3.62. The number of aryl methyl sites for hydroxylation is 1. The number of ether oxygens (including phenoxy) is 1. The molecule has 186 valence electrons. The van der Waals surface area contributed by atoms with Crippen LogP contribution in [0.1, 0.15) is 23.2 Å². The topological polar surface area (TPSA) is 101 Å². The number of rotatable bonds is 8. The number of nitrogens with zero attached hydrogens (tertiary/aromatic N) is 4. The summed E-state index contributed by atoms with van der Waals surface area (Å²) in [6.07, 6.45) is 3.69. The van der Waals surface area contributed by atoms with E-state index >= 15 is 0 Å². The lowest BCUT2D eigenvalue weighted by molar-refractivity contribution is -0.136. The van der Waals surface area contributed by atoms with Crippen molar-refractivity contribution in [1.82, 2.24) is 14.5 Å². The second kappa shape index (κ2) is 9.79. The molecule has 0 fully saturated rings. The summed E-state index contributed by atoms with van der Waals surface area (Å²) >= 11 is 6.15. The van der Waals surface area contributed by atoms with E-state index in [-0.39, 0.29) is 13.0 Å². The first kappa shape index (κ1) is 24.1. The third kappa shape index (κ3) is 4.27. The van der Waals surface area contributed by atoms with Crippen LogP contribution in [0.3, 0.4) is 0 Å². The molecule has 36 heavy (non-hydrogen) atoms. The third-order valence-electron chi connectivity index (χ3n) is 6.61. The number of carboxylic acids is 1. The highest BCUT2D eigenvalue weighted by Gasteiger charge is 2.30. The van der Waals surface area contributed by atoms with Gasteiger partial charge in [0.05, 0.1) is 36.6 Å². The van der Waals surface area contributed by atoms with Gasteiger partial charge in [0.1, 0.15) is 0 Å². The van der Waals surface area contributed by atoms with Gasteiger partial charge < -0.3 is 24.4 Å². The number of carboxylic acid groups (broad SMARTS) is 1. The van der Waals surface area contributed by atoms with Crippen LogP contribution >= 0.6 is 11.6 Å². The molecule has 0 unspecified atom stereocenters. The Kier molecular flexibility index (Phi) is 6.55. The standard InChI is InChI=1S/C27H27ClN4O4/c1-16-12-22-24(18-4-6-19(28)7-5-18)21(13-23(34)35)17(2)25-26(22)31(16)8-9-32(25)27-29-14-20(15-30-27)36-11-3-10-33/h4-7,12,14-15,33H,3,8-11,13H2,1-2H3,(H,34,35). The monoisotopic (exact) mass is 506 g/mol. The van der Waals surface area contributed by atoms with Gasteiger partial charge in [0.25, 0.3) is 0 Å². The maximum Gasteiger partial charge on any atom is 0.307 e. The Bertz CT molecular complexity index is 1430. The molecule has 4 aromatic rings. The van der Waals surface area contributed by atoms with E-state index in [1.165, 1.54) is 0 Å². The van der Waals surface area contributed by atoms with Gasteiger partial charge in [-0.2, -0.15) is 0 Å². The van der Waals surface area contributed by atoms with Crippen LogP contribution in [-0.4, -0.2) is 50.5 Å². The maximum absolute atomic E-state index is 12.0. The summed E-state index contributed by atoms with van der Waals surface area (Å²) in [5.74, 6) is 0.175. The van der Waals surface area contributed by atoms with Gasteiger partial charge in [0, 0.05) is 42.2 Å². The van der Waals surface area contributed by atoms with Crippen LogP contribution in [0.15, 0.2) is 42.7 Å². The summed E-state index contributed by atoms with van der Waals surface area (Å²) in [6, 6.07) is 9.68. The molecule has 1 aliphatic heterocycles. The molecule has 0 bridgehead atoms. The summed E-state index contributed by atoms with van der Waals surface area (Å²) in [6.45, 7) is 5.90. The van der Waals surface area contributed by atoms with Crippen molar-refractivity contribution in [2.45, 2.75) is 33.2 Å². The van der Waals surface area contributed by atoms with Crippen molar-refractivity contribution in [3.05, 3.63) is 64.6 Å². The molecule has 0 aliphatic carbocycles. The van der Waals surface area contributed by atoms with Crippen LogP contribution in [0.25, 0.3) is 22.0 Å². The molecule has 0 spiro atoms. The normalized spacial score (nSPS) is 12.8. The molecule has 0 atom stereocenters. The van der Waals surface area contributed by atoms with Gasteiger partial charge in [0.2, 0.25) is 5.95 Å². The third-order valence-corrected chi connectivity index (χ3v) is 6.86. The fraction of sp³-hybridized carbons (Fsp3) is 0.296. The lowest BCUT2D eigenvalue weighted by Gasteiger charge is -2.33. The fourth-order valence-corrected chi connectivity index (χ4v) is 5.15. The minimum atomic E-state index is -0.890. The number of anilines is 2. The number of halogens is 1. The molecular weight excluding hydrogens is 480 g/mol. The first-order chi connectivity index (χ1) is 17.4. The van der Waals surface area contributed by atoms with Crippen molar-refractivity contribution in [2.24, 2.45) is 0 Å². The van der Waals surface area contributed by atoms with E-state index in [0.29, 0.717) is 36.3 Å². The van der Waals surface area contributed by atoms with Crippen molar-refractivity contribution < 1.29 is 19.7 Å². The number of aliphatic hydroxyl groups excluding tert-OH is 1. The van der Waals surface area contributed by atoms with Crippen LogP contribution in [0.4, 0.5) is 11.6 Å². The van der Waals surface area contributed by atoms with Crippen molar-refractivity contribution in [1.29, 1.82) is 0 Å². The molecule has 3 heterocycles. The molecule has 8 nitrogen and oxygen atoms in total. The highest BCUT2D eigenvalue weighted by molar-refractivity contribution is 6.30. The Morgan fingerprint density at radius 2 is 1.86 bits per heavy atom. The Balaban J connectivity index is 1.69. The molecular formula is C27H27ClN4O4. The SMILES string of the molecule is Cc1c(CC(=O)O)c(-c2ccc(Cl)cc2)c2cc(C)n3c2c1N(c1ncc(OCCCO)cn1)CC3. The summed E-state index contributed by atoms with van der Waals surface area (Å²) in [4.78, 5) is 23.2. The highest BCUT2D eigenvalue weighted by Crippen LogP contribution is 2.46. The molecule has 0 amide bonds. The largest absolute Gasteiger partial charge is 0.490 e. The molecule has 0 saturated carbocycles. The van der Waals surface area contributed by atoms with Gasteiger partial charge in [-0.3, -0.25) is 4.79 Å². The smallest absolute Gasteiger partial charge is 0.307 e. The average molecular weight is 507 g/mol. The van der Waals surface area contributed by atoms with E-state index in [9.17, 15) is 9.90 Å². The first-order valence-electron chi connectivity index (χ1n) is 11.8. The maximum atomic E-state index is 12.0. The molecule has 9 heteroatoms. The van der Waals surface area contributed by atoms with E-state index in [1.807, 2.05) is 31.2 Å². The van der Waals surface area contributed by atoms with Crippen molar-refractivity contribution >= 4 is 40.1 Å². The lowest BCUT2D eigenvalue weighted by atomic mass is 9.88. The lowest BCUT2D eigenvalue weighted by Crippen LogP contribution is -2.30. The predicted octanol–water partition coefficient (Wildman–Crippen LogP) is 4.91. The number of aliphatic hydroxyl groups is 1. The highest BCUT2D eigenvalue weighted by atomic mass is 35.5. The number of carbonyl (C=O) groups is 1. The van der Waals surface area contributed by atoms with Crippen LogP contribution in [0, 0.1) is 13.8 Å². The summed E-state index contributed by atoms with van der Waals surface area (Å²) in [5.41, 5.74) is 6.58. The zero-order valence-electron chi connectivity index (χ0n) is 20.2. The molecule has 0 saturated heterocycles. The molecule has 2 aromatic carbocycles. The minimum absolute atomic E-state index is 0.0613. The molecule has 5 rings (SSSR count). The van der Waals surface area contributed by atoms with Gasteiger partial charge in [-0.05, 0) is 54.3 Å². The van der Waals surface area contributed by atoms with Gasteiger partial charge >= 0.3 is 5.97 Å². The van der Waals surface area contributed by atoms with E-state index in [1.54, 1.807) is 12.4 Å². The predicted molar refractivity (Wildman–Crippen MR) is 139 cm³/mol. The van der Waals surface area contributed by atoms with E-state index in [4.69, 9.17) is 21.4 Å². The van der Waals surface area contributed by atoms with Crippen LogP contribution in [-0.2, 0) is 17.8 Å². The van der Waals surface area contributed by atoms with Gasteiger partial charge in [0.15, 0.2) is 5.75 Å². The van der Waals surface area contributed by atoms with Crippen LogP contribution < -0.4 is 9.64 Å². The van der Waals surface area contributed by atoms with Crippen molar-refractivity contribution in [2.75, 3.05) is 24.7 Å². The Labute approximate surface area is 213 Å². The zero-order valence-corrected chi connectivity index (χ0v) is 20.9. The number of benzene rings is 2. The van der Waals surface area contributed by atoms with E-state index in [0.717, 1.165) is 51.1 Å². The number of hydrogen-bond acceptors (Lipinski definition) is 6. The number of aliphatic carboxylic acids is 1. The molecule has 2 aromatic heterocycles. The van der Waals surface area contributed by atoms with Crippen molar-refractivity contribution in [3.8, 4) is 16.9 Å². The van der Waals surface area contributed by atoms with Gasteiger partial charge in [-0.1, -0.05) is 23.7 Å². The number of hydrogen-bond donors (Lipinski definition) is 2. The molecule has 2 N–H and O–H groups in total. The Morgan fingerprint density at radius 3 is 2.53 bits per heavy atom. The quantitative estimate of drug-likeness (QED) is 0.327. The van der Waals surface area contributed by atoms with Crippen LogP contribution in [0.5, 0.6) is 5.75 Å². The summed E-state index contributed by atoms with van der Waals surface area (Å²) in [7, 11) is 0. The van der Waals surface area contributed by atoms with Crippen molar-refractivity contribution in [3.63, 3.8) is 0 Å². The van der Waals surface area contributed by atoms with Gasteiger partial charge in [-0.25, -0.2) is 9.97 Å². The van der Waals surface area contributed by atoms with Gasteiger partial charge in [-0.15, -0.1) is 0 Å². The second-order valence-electron chi connectivity index (χ2n) is 8.90. The molecule has 0 radical (unpaired) electrons. The van der Waals surface area contributed by atoms with E-state index in [2.05, 4.69) is 32.4 Å².